The van der Waals surface area contributed by atoms with Crippen LogP contribution >= 0.6 is 0 Å². The zero-order valence-electron chi connectivity index (χ0n) is 8.89. The molecule has 0 unspecified atom stereocenters. The maximum absolute atomic E-state index is 13.4. The summed E-state index contributed by atoms with van der Waals surface area (Å²) in [7, 11) is 0. The molecule has 1 atom stereocenters. The summed E-state index contributed by atoms with van der Waals surface area (Å²) in [5.74, 6) is -7.49. The van der Waals surface area contributed by atoms with Crippen LogP contribution in [0.3, 0.4) is 0 Å². The van der Waals surface area contributed by atoms with E-state index < -0.39 is 24.0 Å². The smallest absolute Gasteiger partial charge is 0.382 e. The van der Waals surface area contributed by atoms with Crippen LogP contribution in [-0.2, 0) is 14.3 Å². The minimum atomic E-state index is -4.17. The normalized spacial score (nSPS) is 12.9. The number of carbonyl (C=O) groups excluding carboxylic acids is 1. The van der Waals surface area contributed by atoms with Gasteiger partial charge in [0.2, 0.25) is 6.10 Å². The number of carbonyl (C=O) groups is 2. The molecular weight excluding hydrogens is 234 g/mol. The number of ether oxygens (including phenoxy) is 1. The summed E-state index contributed by atoms with van der Waals surface area (Å²) < 4.78 is 31.2. The minimum absolute atomic E-state index is 0.0740. The van der Waals surface area contributed by atoms with E-state index in [1.807, 2.05) is 0 Å². The van der Waals surface area contributed by atoms with Crippen molar-refractivity contribution in [1.82, 2.24) is 0 Å². The Morgan fingerprint density at radius 1 is 1.29 bits per heavy atom. The largest absolute Gasteiger partial charge is 0.477 e. The van der Waals surface area contributed by atoms with E-state index in [0.29, 0.717) is 0 Å². The van der Waals surface area contributed by atoms with Crippen LogP contribution < -0.4 is 0 Å². The van der Waals surface area contributed by atoms with Gasteiger partial charge in [0.15, 0.2) is 0 Å². The molecule has 4 nitrogen and oxygen atoms in total. The highest BCUT2D eigenvalue weighted by molar-refractivity contribution is 5.77. The van der Waals surface area contributed by atoms with Gasteiger partial charge in [-0.25, -0.2) is 4.79 Å². The van der Waals surface area contributed by atoms with Crippen molar-refractivity contribution in [1.29, 1.82) is 0 Å². The number of halogens is 2. The van der Waals surface area contributed by atoms with Crippen LogP contribution in [-0.4, -0.2) is 23.0 Å². The first-order valence-electron chi connectivity index (χ1n) is 4.69. The Bertz CT molecular complexity index is 417. The quantitative estimate of drug-likeness (QED) is 0.823. The number of carboxylic acid groups (broad SMARTS) is 1. The Kier molecular flexibility index (Phi) is 3.77. The third-order valence-corrected chi connectivity index (χ3v) is 2.00. The van der Waals surface area contributed by atoms with Gasteiger partial charge >= 0.3 is 17.9 Å². The zero-order chi connectivity index (χ0) is 13.1. The molecule has 1 aromatic carbocycles. The summed E-state index contributed by atoms with van der Waals surface area (Å²) in [4.78, 5) is 21.2. The van der Waals surface area contributed by atoms with Gasteiger partial charge in [-0.1, -0.05) is 30.3 Å². The predicted octanol–water partition coefficient (Wildman–Crippen LogP) is 2.01. The first-order valence-corrected chi connectivity index (χ1v) is 4.69. The molecule has 0 saturated carbocycles. The van der Waals surface area contributed by atoms with Crippen molar-refractivity contribution in [2.45, 2.75) is 19.0 Å². The van der Waals surface area contributed by atoms with Gasteiger partial charge in [-0.15, -0.1) is 0 Å². The van der Waals surface area contributed by atoms with Crippen LogP contribution in [0.5, 0.6) is 0 Å². The predicted molar refractivity (Wildman–Crippen MR) is 53.5 cm³/mol. The molecular formula is C11H10F2O4. The van der Waals surface area contributed by atoms with Gasteiger partial charge in [-0.3, -0.25) is 4.79 Å². The fourth-order valence-electron chi connectivity index (χ4n) is 1.26. The Hall–Kier alpha value is -1.98. The monoisotopic (exact) mass is 244 g/mol. The van der Waals surface area contributed by atoms with E-state index in [1.165, 1.54) is 24.3 Å². The molecule has 1 aromatic rings. The van der Waals surface area contributed by atoms with Crippen molar-refractivity contribution >= 4 is 11.9 Å². The first kappa shape index (κ1) is 13.1. The number of hydrogen-bond acceptors (Lipinski definition) is 3. The van der Waals surface area contributed by atoms with Crippen molar-refractivity contribution in [3.63, 3.8) is 0 Å². The van der Waals surface area contributed by atoms with E-state index in [9.17, 15) is 18.4 Å². The highest BCUT2D eigenvalue weighted by Crippen LogP contribution is 2.34. The van der Waals surface area contributed by atoms with Gasteiger partial charge in [0, 0.05) is 6.92 Å². The highest BCUT2D eigenvalue weighted by atomic mass is 19.3. The van der Waals surface area contributed by atoms with Crippen LogP contribution in [0.2, 0.25) is 0 Å². The Labute approximate surface area is 95.8 Å². The summed E-state index contributed by atoms with van der Waals surface area (Å²) in [5, 5.41) is 8.44. The summed E-state index contributed by atoms with van der Waals surface area (Å²) >= 11 is 0. The molecule has 0 amide bonds. The van der Waals surface area contributed by atoms with E-state index in [4.69, 9.17) is 5.11 Å². The third kappa shape index (κ3) is 2.99. The lowest BCUT2D eigenvalue weighted by molar-refractivity contribution is -0.193. The number of aliphatic carboxylic acids is 1. The number of hydrogen-bond donors (Lipinski definition) is 1. The second-order valence-corrected chi connectivity index (χ2v) is 3.33. The van der Waals surface area contributed by atoms with Crippen LogP contribution in [0, 0.1) is 0 Å². The maximum Gasteiger partial charge on any atom is 0.382 e. The molecule has 1 N–H and O–H groups in total. The molecule has 6 heteroatoms. The highest BCUT2D eigenvalue weighted by Gasteiger charge is 2.50. The molecule has 1 rings (SSSR count). The van der Waals surface area contributed by atoms with Gasteiger partial charge in [0.25, 0.3) is 0 Å². The summed E-state index contributed by atoms with van der Waals surface area (Å²) in [6.45, 7) is 0.938. The van der Waals surface area contributed by atoms with Crippen molar-refractivity contribution in [2.75, 3.05) is 0 Å². The van der Waals surface area contributed by atoms with E-state index in [0.717, 1.165) is 6.92 Å². The van der Waals surface area contributed by atoms with E-state index in [2.05, 4.69) is 4.74 Å². The summed E-state index contributed by atoms with van der Waals surface area (Å²) in [6.07, 6.45) is -2.13. The number of benzene rings is 1. The van der Waals surface area contributed by atoms with Gasteiger partial charge in [-0.05, 0) is 5.56 Å². The zero-order valence-corrected chi connectivity index (χ0v) is 8.89. The molecule has 17 heavy (non-hydrogen) atoms. The van der Waals surface area contributed by atoms with Crippen LogP contribution in [0.4, 0.5) is 8.78 Å². The van der Waals surface area contributed by atoms with Crippen LogP contribution in [0.15, 0.2) is 30.3 Å². The van der Waals surface area contributed by atoms with Gasteiger partial charge in [0.1, 0.15) is 0 Å². The Morgan fingerprint density at radius 2 is 1.82 bits per heavy atom. The fraction of sp³-hybridized carbons (Fsp3) is 0.273. The van der Waals surface area contributed by atoms with E-state index >= 15 is 0 Å². The van der Waals surface area contributed by atoms with Crippen LogP contribution in [0.1, 0.15) is 18.6 Å². The summed E-state index contributed by atoms with van der Waals surface area (Å²) in [5.41, 5.74) is -0.0740. The topological polar surface area (TPSA) is 63.6 Å². The third-order valence-electron chi connectivity index (χ3n) is 2.00. The van der Waals surface area contributed by atoms with Gasteiger partial charge in [0.05, 0.1) is 0 Å². The molecule has 0 spiro atoms. The first-order chi connectivity index (χ1) is 7.85. The minimum Gasteiger partial charge on any atom is -0.477 e. The molecule has 0 heterocycles. The molecule has 0 aliphatic rings. The van der Waals surface area contributed by atoms with Crippen molar-refractivity contribution in [3.8, 4) is 0 Å². The molecule has 0 radical (unpaired) electrons. The SMILES string of the molecule is CC(=O)O[C@@H](c1ccccc1)C(F)(F)C(=O)O. The number of rotatable bonds is 4. The molecule has 0 aromatic heterocycles. The number of carboxylic acids is 1. The molecule has 92 valence electrons. The number of esters is 1. The van der Waals surface area contributed by atoms with Crippen LogP contribution in [0.25, 0.3) is 0 Å². The lowest BCUT2D eigenvalue weighted by Crippen LogP contribution is -2.37. The standard InChI is InChI=1S/C11H10F2O4/c1-7(14)17-9(11(12,13)10(15)16)8-5-3-2-4-6-8/h2-6,9H,1H3,(H,15,16)/t9-/m0/s1. The van der Waals surface area contributed by atoms with Crippen molar-refractivity contribution in [2.24, 2.45) is 0 Å². The Morgan fingerprint density at radius 3 is 2.24 bits per heavy atom. The van der Waals surface area contributed by atoms with Gasteiger partial charge < -0.3 is 9.84 Å². The lowest BCUT2D eigenvalue weighted by atomic mass is 10.0. The lowest BCUT2D eigenvalue weighted by Gasteiger charge is -2.23. The van der Waals surface area contributed by atoms with E-state index in [-0.39, 0.29) is 5.56 Å². The molecule has 0 fully saturated rings. The fourth-order valence-corrected chi connectivity index (χ4v) is 1.26. The molecule has 0 saturated heterocycles. The molecule has 0 bridgehead atoms. The average Bonchev–Trinajstić information content (AvgIpc) is 2.26. The average molecular weight is 244 g/mol. The molecule has 0 aliphatic heterocycles. The van der Waals surface area contributed by atoms with E-state index in [1.54, 1.807) is 6.07 Å². The second-order valence-electron chi connectivity index (χ2n) is 3.33. The maximum atomic E-state index is 13.4. The van der Waals surface area contributed by atoms with Crippen molar-refractivity contribution < 1.29 is 28.2 Å². The molecule has 0 aliphatic carbocycles. The second kappa shape index (κ2) is 4.90. The Balaban J connectivity index is 3.13. The number of alkyl halides is 2. The van der Waals surface area contributed by atoms with Crippen molar-refractivity contribution in [3.05, 3.63) is 35.9 Å². The summed E-state index contributed by atoms with van der Waals surface area (Å²) in [6, 6.07) is 7.01. The van der Waals surface area contributed by atoms with Gasteiger partial charge in [-0.2, -0.15) is 8.78 Å².